The zero-order valence-corrected chi connectivity index (χ0v) is 7.73. The lowest BCUT2D eigenvalue weighted by atomic mass is 10.1. The fraction of sp³-hybridized carbons (Fsp3) is 0.600. The van der Waals surface area contributed by atoms with E-state index >= 15 is 0 Å². The molecule has 3 rings (SSSR count). The van der Waals surface area contributed by atoms with Gasteiger partial charge >= 0.3 is 0 Å². The van der Waals surface area contributed by atoms with Crippen LogP contribution in [0.5, 0.6) is 0 Å². The second kappa shape index (κ2) is 2.50. The number of anilines is 1. The van der Waals surface area contributed by atoms with Gasteiger partial charge in [0.05, 0.1) is 0 Å². The van der Waals surface area contributed by atoms with Crippen LogP contribution < -0.4 is 5.73 Å². The molecule has 14 heavy (non-hydrogen) atoms. The molecule has 0 aromatic carbocycles. The highest BCUT2D eigenvalue weighted by Crippen LogP contribution is 2.62. The maximum atomic E-state index is 8.68. The van der Waals surface area contributed by atoms with E-state index < -0.39 is 0 Å². The maximum Gasteiger partial charge on any atom is 0.229 e. The summed E-state index contributed by atoms with van der Waals surface area (Å²) >= 11 is 0. The van der Waals surface area contributed by atoms with Crippen molar-refractivity contribution in [1.82, 2.24) is 4.98 Å². The Labute approximate surface area is 81.7 Å². The van der Waals surface area contributed by atoms with Crippen LogP contribution in [0.25, 0.3) is 0 Å². The number of rotatable bonds is 1. The second-order valence-electron chi connectivity index (χ2n) is 4.16. The predicted molar refractivity (Wildman–Crippen MR) is 49.2 cm³/mol. The fourth-order valence-electron chi connectivity index (χ4n) is 2.76. The van der Waals surface area contributed by atoms with Gasteiger partial charge in [-0.15, -0.1) is 0 Å². The maximum absolute atomic E-state index is 8.68. The molecule has 0 bridgehead atoms. The number of hydrogen-bond donors (Lipinski definition) is 1. The summed E-state index contributed by atoms with van der Waals surface area (Å²) in [5.74, 6) is 2.81. The minimum absolute atomic E-state index is 0.174. The first-order chi connectivity index (χ1) is 6.81. The van der Waals surface area contributed by atoms with Crippen LogP contribution in [-0.2, 0) is 0 Å². The van der Waals surface area contributed by atoms with Crippen LogP contribution in [0.2, 0.25) is 0 Å². The van der Waals surface area contributed by atoms with Crippen molar-refractivity contribution >= 4 is 5.88 Å². The van der Waals surface area contributed by atoms with E-state index in [9.17, 15) is 0 Å². The van der Waals surface area contributed by atoms with Crippen LogP contribution in [0.4, 0.5) is 5.88 Å². The van der Waals surface area contributed by atoms with E-state index in [2.05, 4.69) is 4.98 Å². The van der Waals surface area contributed by atoms with Crippen LogP contribution in [0, 0.1) is 23.2 Å². The quantitative estimate of drug-likeness (QED) is 0.728. The Morgan fingerprint density at radius 2 is 2.14 bits per heavy atom. The van der Waals surface area contributed by atoms with E-state index in [1.807, 2.05) is 6.07 Å². The zero-order chi connectivity index (χ0) is 9.71. The number of oxazole rings is 1. The van der Waals surface area contributed by atoms with Gasteiger partial charge in [-0.25, -0.2) is 4.98 Å². The average Bonchev–Trinajstić information content (AvgIpc) is 2.60. The first kappa shape index (κ1) is 7.86. The van der Waals surface area contributed by atoms with Gasteiger partial charge in [-0.1, -0.05) is 6.42 Å². The molecular weight excluding hydrogens is 178 g/mol. The van der Waals surface area contributed by atoms with Crippen molar-refractivity contribution in [2.24, 2.45) is 11.8 Å². The molecule has 0 amide bonds. The Kier molecular flexibility index (Phi) is 1.41. The van der Waals surface area contributed by atoms with Crippen molar-refractivity contribution < 1.29 is 4.42 Å². The van der Waals surface area contributed by atoms with E-state index in [1.54, 1.807) is 0 Å². The lowest BCUT2D eigenvalue weighted by Gasteiger charge is -1.95. The molecule has 72 valence electrons. The molecule has 0 saturated heterocycles. The monoisotopic (exact) mass is 189 g/mol. The van der Waals surface area contributed by atoms with Crippen LogP contribution >= 0.6 is 0 Å². The van der Waals surface area contributed by atoms with Gasteiger partial charge in [0.25, 0.3) is 0 Å². The molecule has 2 fully saturated rings. The number of aromatic nitrogens is 1. The number of hydrogen-bond acceptors (Lipinski definition) is 4. The fourth-order valence-corrected chi connectivity index (χ4v) is 2.76. The van der Waals surface area contributed by atoms with E-state index in [0.29, 0.717) is 11.8 Å². The first-order valence-electron chi connectivity index (χ1n) is 4.97. The summed E-state index contributed by atoms with van der Waals surface area (Å²) < 4.78 is 5.31. The molecule has 0 aliphatic heterocycles. The molecule has 4 heteroatoms. The van der Waals surface area contributed by atoms with E-state index in [1.165, 1.54) is 19.3 Å². The summed E-state index contributed by atoms with van der Waals surface area (Å²) in [6.07, 6.45) is 3.88. The molecule has 0 radical (unpaired) electrons. The number of fused-ring (bicyclic) bond motifs is 1. The molecule has 2 aliphatic rings. The van der Waals surface area contributed by atoms with Gasteiger partial charge in [0.2, 0.25) is 17.5 Å². The van der Waals surface area contributed by atoms with Gasteiger partial charge in [0.1, 0.15) is 6.07 Å². The van der Waals surface area contributed by atoms with E-state index in [0.717, 1.165) is 11.8 Å². The second-order valence-corrected chi connectivity index (χ2v) is 4.16. The molecule has 4 nitrogen and oxygen atoms in total. The van der Waals surface area contributed by atoms with Crippen molar-refractivity contribution in [2.75, 3.05) is 5.73 Å². The van der Waals surface area contributed by atoms with Gasteiger partial charge < -0.3 is 10.2 Å². The van der Waals surface area contributed by atoms with E-state index in [4.69, 9.17) is 15.4 Å². The molecule has 2 N–H and O–H groups in total. The summed E-state index contributed by atoms with van der Waals surface area (Å²) in [5, 5.41) is 8.68. The Hall–Kier alpha value is -1.50. The Bertz CT molecular complexity index is 407. The van der Waals surface area contributed by atoms with Crippen LogP contribution in [0.15, 0.2) is 4.42 Å². The van der Waals surface area contributed by atoms with Crippen molar-refractivity contribution in [3.8, 4) is 6.07 Å². The molecular formula is C10H11N3O. The minimum atomic E-state index is 0.174. The minimum Gasteiger partial charge on any atom is -0.424 e. The third-order valence-corrected chi connectivity index (χ3v) is 3.47. The van der Waals surface area contributed by atoms with Crippen molar-refractivity contribution in [1.29, 1.82) is 5.26 Å². The van der Waals surface area contributed by atoms with Crippen LogP contribution in [0.1, 0.15) is 36.8 Å². The van der Waals surface area contributed by atoms with E-state index in [-0.39, 0.29) is 11.6 Å². The summed E-state index contributed by atoms with van der Waals surface area (Å²) in [4.78, 5) is 4.12. The Balaban J connectivity index is 1.89. The van der Waals surface area contributed by atoms with Crippen molar-refractivity contribution in [2.45, 2.75) is 25.2 Å². The molecule has 1 aromatic rings. The molecule has 2 saturated carbocycles. The average molecular weight is 189 g/mol. The number of nitrogens with zero attached hydrogens (tertiary/aromatic N) is 2. The zero-order valence-electron chi connectivity index (χ0n) is 7.73. The van der Waals surface area contributed by atoms with Gasteiger partial charge in [-0.3, -0.25) is 0 Å². The molecule has 0 spiro atoms. The lowest BCUT2D eigenvalue weighted by Crippen LogP contribution is -1.87. The van der Waals surface area contributed by atoms with Gasteiger partial charge in [0, 0.05) is 5.92 Å². The molecule has 1 heterocycles. The third-order valence-electron chi connectivity index (χ3n) is 3.47. The highest BCUT2D eigenvalue weighted by Gasteiger charge is 2.56. The number of nitriles is 1. The van der Waals surface area contributed by atoms with Gasteiger partial charge in [0.15, 0.2) is 0 Å². The van der Waals surface area contributed by atoms with Crippen LogP contribution in [-0.4, -0.2) is 4.98 Å². The highest BCUT2D eigenvalue weighted by molar-refractivity contribution is 5.41. The SMILES string of the molecule is N#Cc1nc(C2C3CCCC32)oc1N. The molecule has 2 aliphatic carbocycles. The summed E-state index contributed by atoms with van der Waals surface area (Å²) in [7, 11) is 0. The Morgan fingerprint density at radius 3 is 2.71 bits per heavy atom. The summed E-state index contributed by atoms with van der Waals surface area (Å²) in [5.41, 5.74) is 5.76. The molecule has 2 unspecified atom stereocenters. The van der Waals surface area contributed by atoms with Crippen LogP contribution in [0.3, 0.4) is 0 Å². The first-order valence-corrected chi connectivity index (χ1v) is 4.97. The largest absolute Gasteiger partial charge is 0.424 e. The molecule has 1 aromatic heterocycles. The van der Waals surface area contributed by atoms with Crippen molar-refractivity contribution in [3.63, 3.8) is 0 Å². The van der Waals surface area contributed by atoms with Gasteiger partial charge in [-0.2, -0.15) is 5.26 Å². The lowest BCUT2D eigenvalue weighted by molar-refractivity contribution is 0.483. The van der Waals surface area contributed by atoms with Gasteiger partial charge in [-0.05, 0) is 24.7 Å². The molecule has 2 atom stereocenters. The number of nitrogens with two attached hydrogens (primary N) is 1. The number of nitrogen functional groups attached to an aromatic ring is 1. The smallest absolute Gasteiger partial charge is 0.229 e. The highest BCUT2D eigenvalue weighted by atomic mass is 16.4. The predicted octanol–water partition coefficient (Wildman–Crippen LogP) is 1.64. The third kappa shape index (κ3) is 0.897. The van der Waals surface area contributed by atoms with Crippen molar-refractivity contribution in [3.05, 3.63) is 11.6 Å². The summed E-state index contributed by atoms with van der Waals surface area (Å²) in [6.45, 7) is 0. The Morgan fingerprint density at radius 1 is 1.43 bits per heavy atom. The normalized spacial score (nSPS) is 33.8. The summed E-state index contributed by atoms with van der Waals surface area (Å²) in [6, 6.07) is 1.93. The topological polar surface area (TPSA) is 75.8 Å². The standard InChI is InChI=1S/C10H11N3O/c11-4-7-9(12)14-10(13-7)8-5-2-1-3-6(5)8/h5-6,8H,1-3,12H2.